The zero-order valence-electron chi connectivity index (χ0n) is 28.0. The zero-order chi connectivity index (χ0) is 35.4. The number of hydrogen-bond acceptors (Lipinski definition) is 7. The van der Waals surface area contributed by atoms with E-state index in [4.69, 9.17) is 19.9 Å². The zero-order valence-corrected chi connectivity index (χ0v) is 29.0. The molecule has 0 fully saturated rings. The quantitative estimate of drug-likeness (QED) is 0.0871. The second-order valence-corrected chi connectivity index (χ2v) is 18.6. The largest absolute Gasteiger partial charge is 0.489 e. The standard InChI is InChI=1S/C38H43FN2O7Si/c1-49(2,3)19-18-46-37(44)34(41-38(45)48-25-27-12-8-5-9-13-27)23-31-21-29(15-17-35(31)47-24-26-10-6-4-7-11-26)28-14-16-32(39)30(20-28)22-33(40)36(42)43/h4-17,20-21,33-34H,18-19,22-25,40H2,1-3H3,(H,41,45)(H,42,43)/t33-,34-/m0/s1. The maximum atomic E-state index is 14.7. The molecule has 0 spiro atoms. The van der Waals surface area contributed by atoms with Crippen molar-refractivity contribution in [3.05, 3.63) is 125 Å². The fourth-order valence-electron chi connectivity index (χ4n) is 4.91. The molecule has 0 saturated carbocycles. The summed E-state index contributed by atoms with van der Waals surface area (Å²) in [5, 5.41) is 12.0. The molecule has 4 aromatic carbocycles. The molecule has 9 nitrogen and oxygen atoms in total. The molecule has 0 aliphatic carbocycles. The monoisotopic (exact) mass is 686 g/mol. The van der Waals surface area contributed by atoms with Gasteiger partial charge in [0.25, 0.3) is 0 Å². The number of nitrogens with one attached hydrogen (secondary N) is 1. The van der Waals surface area contributed by atoms with Gasteiger partial charge in [-0.05, 0) is 63.7 Å². The van der Waals surface area contributed by atoms with Crippen molar-refractivity contribution in [3.63, 3.8) is 0 Å². The fraction of sp³-hybridized carbons (Fsp3) is 0.289. The topological polar surface area (TPSA) is 137 Å². The highest BCUT2D eigenvalue weighted by atomic mass is 28.3. The lowest BCUT2D eigenvalue weighted by Crippen LogP contribution is -2.44. The van der Waals surface area contributed by atoms with Gasteiger partial charge in [0.05, 0.1) is 6.61 Å². The first-order valence-corrected chi connectivity index (χ1v) is 19.8. The summed E-state index contributed by atoms with van der Waals surface area (Å²) in [5.74, 6) is -1.93. The summed E-state index contributed by atoms with van der Waals surface area (Å²) in [6.45, 7) is 7.02. The van der Waals surface area contributed by atoms with E-state index < -0.39 is 44.0 Å². The molecule has 4 rings (SSSR count). The van der Waals surface area contributed by atoms with Crippen molar-refractivity contribution in [1.29, 1.82) is 0 Å². The number of benzene rings is 4. The first-order chi connectivity index (χ1) is 23.4. The Bertz CT molecular complexity index is 1710. The van der Waals surface area contributed by atoms with E-state index in [0.29, 0.717) is 22.4 Å². The third-order valence-corrected chi connectivity index (χ3v) is 9.45. The van der Waals surface area contributed by atoms with Gasteiger partial charge in [0.1, 0.15) is 36.9 Å². The fourth-order valence-corrected chi connectivity index (χ4v) is 5.62. The van der Waals surface area contributed by atoms with Crippen molar-refractivity contribution < 1.29 is 38.1 Å². The Labute approximate surface area is 287 Å². The van der Waals surface area contributed by atoms with E-state index >= 15 is 0 Å². The summed E-state index contributed by atoms with van der Waals surface area (Å²) in [4.78, 5) is 37.8. The lowest BCUT2D eigenvalue weighted by atomic mass is 9.95. The third-order valence-electron chi connectivity index (χ3n) is 7.74. The minimum absolute atomic E-state index is 0.00210. The molecule has 11 heteroatoms. The van der Waals surface area contributed by atoms with Gasteiger partial charge in [-0.25, -0.2) is 14.0 Å². The Balaban J connectivity index is 1.65. The van der Waals surface area contributed by atoms with Crippen LogP contribution in [-0.2, 0) is 45.1 Å². The van der Waals surface area contributed by atoms with E-state index in [1.165, 1.54) is 6.07 Å². The summed E-state index contributed by atoms with van der Waals surface area (Å²) in [5.41, 5.74) is 9.42. The predicted octanol–water partition coefficient (Wildman–Crippen LogP) is 6.75. The Morgan fingerprint density at radius 2 is 1.39 bits per heavy atom. The molecule has 1 amide bonds. The van der Waals surface area contributed by atoms with Gasteiger partial charge in [0.2, 0.25) is 0 Å². The van der Waals surface area contributed by atoms with Crippen LogP contribution in [-0.4, -0.2) is 49.9 Å². The molecule has 0 radical (unpaired) electrons. The number of halogens is 1. The van der Waals surface area contributed by atoms with Crippen molar-refractivity contribution in [2.45, 2.75) is 63.8 Å². The van der Waals surface area contributed by atoms with Gasteiger partial charge < -0.3 is 30.4 Å². The average molecular weight is 687 g/mol. The highest BCUT2D eigenvalue weighted by Crippen LogP contribution is 2.30. The van der Waals surface area contributed by atoms with E-state index in [0.717, 1.165) is 17.2 Å². The Morgan fingerprint density at radius 3 is 2.00 bits per heavy atom. The molecule has 0 bridgehead atoms. The molecular weight excluding hydrogens is 644 g/mol. The Hall–Kier alpha value is -5.00. The smallest absolute Gasteiger partial charge is 0.408 e. The molecule has 49 heavy (non-hydrogen) atoms. The number of rotatable bonds is 16. The van der Waals surface area contributed by atoms with Crippen molar-refractivity contribution in [2.75, 3.05) is 6.61 Å². The van der Waals surface area contributed by atoms with Gasteiger partial charge in [-0.2, -0.15) is 0 Å². The molecule has 258 valence electrons. The van der Waals surface area contributed by atoms with Crippen LogP contribution in [0.3, 0.4) is 0 Å². The molecule has 4 N–H and O–H groups in total. The van der Waals surface area contributed by atoms with Crippen LogP contribution in [0.4, 0.5) is 9.18 Å². The number of ether oxygens (including phenoxy) is 3. The predicted molar refractivity (Wildman–Crippen MR) is 188 cm³/mol. The Kier molecular flexibility index (Phi) is 13.1. The van der Waals surface area contributed by atoms with Gasteiger partial charge in [-0.3, -0.25) is 4.79 Å². The van der Waals surface area contributed by atoms with Crippen LogP contribution in [0, 0.1) is 5.82 Å². The number of carboxylic acid groups (broad SMARTS) is 1. The number of nitrogens with two attached hydrogens (primary N) is 1. The number of carbonyl (C=O) groups is 3. The molecule has 2 atom stereocenters. The molecular formula is C38H43FN2O7Si. The number of hydrogen-bond donors (Lipinski definition) is 3. The number of aliphatic carboxylic acids is 1. The molecule has 4 aromatic rings. The molecule has 0 unspecified atom stereocenters. The van der Waals surface area contributed by atoms with Gasteiger partial charge in [0, 0.05) is 20.9 Å². The second-order valence-electron chi connectivity index (χ2n) is 13.0. The van der Waals surface area contributed by atoms with Gasteiger partial charge in [-0.1, -0.05) is 92.4 Å². The number of amides is 1. The average Bonchev–Trinajstić information content (AvgIpc) is 3.07. The van der Waals surface area contributed by atoms with Crippen LogP contribution in [0.15, 0.2) is 97.1 Å². The van der Waals surface area contributed by atoms with Crippen LogP contribution in [0.2, 0.25) is 25.7 Å². The summed E-state index contributed by atoms with van der Waals surface area (Å²) >= 11 is 0. The maximum Gasteiger partial charge on any atom is 0.408 e. The van der Waals surface area contributed by atoms with Gasteiger partial charge in [-0.15, -0.1) is 0 Å². The van der Waals surface area contributed by atoms with Crippen LogP contribution in [0.1, 0.15) is 22.3 Å². The molecule has 0 aliphatic rings. The second kappa shape index (κ2) is 17.4. The maximum absolute atomic E-state index is 14.7. The van der Waals surface area contributed by atoms with Crippen LogP contribution >= 0.6 is 0 Å². The molecule has 0 saturated heterocycles. The highest BCUT2D eigenvalue weighted by Gasteiger charge is 2.27. The molecule has 0 heterocycles. The number of esters is 1. The van der Waals surface area contributed by atoms with Crippen molar-refractivity contribution in [2.24, 2.45) is 5.73 Å². The summed E-state index contributed by atoms with van der Waals surface area (Å²) in [7, 11) is -1.51. The molecule has 0 aromatic heterocycles. The van der Waals surface area contributed by atoms with Crippen molar-refractivity contribution in [1.82, 2.24) is 5.32 Å². The van der Waals surface area contributed by atoms with Crippen LogP contribution in [0.25, 0.3) is 11.1 Å². The van der Waals surface area contributed by atoms with Crippen molar-refractivity contribution in [3.8, 4) is 16.9 Å². The number of alkyl carbamates (subject to hydrolysis) is 1. The van der Waals surface area contributed by atoms with Gasteiger partial charge >= 0.3 is 18.0 Å². The summed E-state index contributed by atoms with van der Waals surface area (Å²) in [6.07, 6.45) is -0.973. The first kappa shape index (κ1) is 36.8. The van der Waals surface area contributed by atoms with E-state index in [1.807, 2.05) is 60.7 Å². The van der Waals surface area contributed by atoms with Crippen molar-refractivity contribution >= 4 is 26.1 Å². The third kappa shape index (κ3) is 11.9. The lowest BCUT2D eigenvalue weighted by Gasteiger charge is -2.21. The van der Waals surface area contributed by atoms with E-state index in [1.54, 1.807) is 30.3 Å². The van der Waals surface area contributed by atoms with Crippen LogP contribution in [0.5, 0.6) is 5.75 Å². The first-order valence-electron chi connectivity index (χ1n) is 16.1. The SMILES string of the molecule is C[Si](C)(C)CCOC(=O)[C@H](Cc1cc(-c2ccc(F)c(C[C@H](N)C(=O)O)c2)ccc1OCc1ccccc1)NC(=O)OCc1ccccc1. The summed E-state index contributed by atoms with van der Waals surface area (Å²) in [6, 6.07) is 26.9. The number of carboxylic acids is 1. The minimum atomic E-state index is -1.51. The van der Waals surface area contributed by atoms with Gasteiger partial charge in [0.15, 0.2) is 0 Å². The minimum Gasteiger partial charge on any atom is -0.489 e. The normalized spacial score (nSPS) is 12.4. The highest BCUT2D eigenvalue weighted by molar-refractivity contribution is 6.76. The lowest BCUT2D eigenvalue weighted by molar-refractivity contribution is -0.145. The number of carbonyl (C=O) groups excluding carboxylic acids is 2. The Morgan fingerprint density at radius 1 is 0.796 bits per heavy atom. The van der Waals surface area contributed by atoms with Crippen LogP contribution < -0.4 is 15.8 Å². The van der Waals surface area contributed by atoms with E-state index in [2.05, 4.69) is 25.0 Å². The molecule has 0 aliphatic heterocycles. The van der Waals surface area contributed by atoms with E-state index in [-0.39, 0.29) is 38.2 Å². The van der Waals surface area contributed by atoms with E-state index in [9.17, 15) is 23.9 Å². The summed E-state index contributed by atoms with van der Waals surface area (Å²) < 4.78 is 32.0.